The van der Waals surface area contributed by atoms with Crippen molar-refractivity contribution in [3.63, 3.8) is 0 Å². The van der Waals surface area contributed by atoms with E-state index in [4.69, 9.17) is 9.31 Å². The Hall–Kier alpha value is -3.99. The molecule has 2 aliphatic heterocycles. The Morgan fingerprint density at radius 2 is 1.11 bits per heavy atom. The van der Waals surface area contributed by atoms with Crippen LogP contribution in [0.4, 0.5) is 11.4 Å². The van der Waals surface area contributed by atoms with Gasteiger partial charge in [-0.1, -0.05) is 133 Å². The summed E-state index contributed by atoms with van der Waals surface area (Å²) in [4.78, 5) is 4.78. The van der Waals surface area contributed by atoms with Gasteiger partial charge in [0.2, 0.25) is 0 Å². The van der Waals surface area contributed by atoms with Crippen molar-refractivity contribution in [2.24, 2.45) is 0 Å². The summed E-state index contributed by atoms with van der Waals surface area (Å²) in [5, 5.41) is 0. The van der Waals surface area contributed by atoms with Gasteiger partial charge in [0.05, 0.1) is 11.2 Å². The van der Waals surface area contributed by atoms with Crippen LogP contribution >= 0.6 is 0 Å². The zero-order chi connectivity index (χ0) is 38.8. The van der Waals surface area contributed by atoms with E-state index in [1.807, 2.05) is 0 Å². The second-order valence-corrected chi connectivity index (χ2v) is 16.4. The quantitative estimate of drug-likeness (QED) is 0.170. The number of allylic oxidation sites excluding steroid dienone is 1. The minimum absolute atomic E-state index is 0.0818. The Bertz CT molecular complexity index is 1870. The van der Waals surface area contributed by atoms with Crippen LogP contribution in [0.1, 0.15) is 111 Å². The molecule has 0 N–H and O–H groups in total. The highest BCUT2D eigenvalue weighted by Crippen LogP contribution is 2.41. The average molecular weight is 709 g/mol. The van der Waals surface area contributed by atoms with Gasteiger partial charge in [-0.25, -0.2) is 0 Å². The van der Waals surface area contributed by atoms with Crippen LogP contribution in [0.5, 0.6) is 0 Å². The average Bonchev–Trinajstić information content (AvgIpc) is 3.29. The third kappa shape index (κ3) is 8.25. The first-order valence-electron chi connectivity index (χ1n) is 19.6. The standard InChI is InChI=1S/C42H50B2N2O2.C5H12/c1-27-22-31(5)38(32(6)23-27)43(39-33(7)24-28(2)25-34(39)8)46-36(21-20-35-18-13-14-19-37(35)46)26-45(40-29(3)16-15-17-30(40)4)44-47-41(9,10)42(11,12)48-44;1-3-5-4-2/h13-26H,1-12H3;3-5H2,1-2H3/b36-26+;. The maximum Gasteiger partial charge on any atom is 0.598 e. The highest BCUT2D eigenvalue weighted by atomic mass is 16.7. The fourth-order valence-electron chi connectivity index (χ4n) is 8.15. The van der Waals surface area contributed by atoms with Crippen molar-refractivity contribution in [3.05, 3.63) is 135 Å². The second kappa shape index (κ2) is 16.2. The summed E-state index contributed by atoms with van der Waals surface area (Å²) in [6.07, 6.45) is 10.8. The van der Waals surface area contributed by atoms with Crippen molar-refractivity contribution < 1.29 is 9.31 Å². The molecule has 1 saturated heterocycles. The molecular formula is C47H62B2N2O2. The number of anilines is 2. The van der Waals surface area contributed by atoms with Gasteiger partial charge in [-0.2, -0.15) is 0 Å². The van der Waals surface area contributed by atoms with Gasteiger partial charge in [0.25, 0.3) is 0 Å². The van der Waals surface area contributed by atoms with Crippen molar-refractivity contribution in [1.29, 1.82) is 0 Å². The van der Waals surface area contributed by atoms with E-state index in [1.54, 1.807) is 0 Å². The Kier molecular flexibility index (Phi) is 12.3. The molecule has 0 aliphatic carbocycles. The molecule has 0 saturated carbocycles. The van der Waals surface area contributed by atoms with Crippen molar-refractivity contribution in [3.8, 4) is 0 Å². The van der Waals surface area contributed by atoms with E-state index in [-0.39, 0.29) is 6.85 Å². The van der Waals surface area contributed by atoms with Gasteiger partial charge in [0.15, 0.2) is 0 Å². The number of aryl methyl sites for hydroxylation is 8. The zero-order valence-corrected chi connectivity index (χ0v) is 35.1. The van der Waals surface area contributed by atoms with Crippen LogP contribution in [-0.2, 0) is 9.31 Å². The highest BCUT2D eigenvalue weighted by molar-refractivity contribution is 6.90. The lowest BCUT2D eigenvalue weighted by Gasteiger charge is -2.40. The lowest BCUT2D eigenvalue weighted by atomic mass is 9.44. The first-order chi connectivity index (χ1) is 25.0. The van der Waals surface area contributed by atoms with Crippen molar-refractivity contribution in [1.82, 2.24) is 0 Å². The maximum absolute atomic E-state index is 6.79. The Morgan fingerprint density at radius 3 is 1.57 bits per heavy atom. The molecular weight excluding hydrogens is 646 g/mol. The van der Waals surface area contributed by atoms with Crippen molar-refractivity contribution in [2.75, 3.05) is 9.62 Å². The van der Waals surface area contributed by atoms with Crippen LogP contribution in [0.3, 0.4) is 0 Å². The van der Waals surface area contributed by atoms with Gasteiger partial charge in [-0.15, -0.1) is 0 Å². The summed E-state index contributed by atoms with van der Waals surface area (Å²) in [5.41, 5.74) is 16.3. The molecule has 1 fully saturated rings. The van der Waals surface area contributed by atoms with E-state index in [0.29, 0.717) is 0 Å². The number of rotatable bonds is 8. The zero-order valence-electron chi connectivity index (χ0n) is 35.1. The molecule has 53 heavy (non-hydrogen) atoms. The van der Waals surface area contributed by atoms with Gasteiger partial charge in [-0.05, 0) is 123 Å². The van der Waals surface area contributed by atoms with E-state index in [2.05, 4.69) is 192 Å². The van der Waals surface area contributed by atoms with Crippen LogP contribution in [0.2, 0.25) is 0 Å². The molecule has 0 spiro atoms. The lowest BCUT2D eigenvalue weighted by Crippen LogP contribution is -2.60. The third-order valence-electron chi connectivity index (χ3n) is 11.3. The first-order valence-corrected chi connectivity index (χ1v) is 19.6. The summed E-state index contributed by atoms with van der Waals surface area (Å²) in [6.45, 7) is 30.6. The predicted octanol–water partition coefficient (Wildman–Crippen LogP) is 10.9. The molecule has 0 unspecified atom stereocenters. The van der Waals surface area contributed by atoms with Crippen LogP contribution in [0.15, 0.2) is 84.7 Å². The van der Waals surface area contributed by atoms with E-state index < -0.39 is 18.5 Å². The molecule has 6 rings (SSSR count). The fourth-order valence-corrected chi connectivity index (χ4v) is 8.15. The summed E-state index contributed by atoms with van der Waals surface area (Å²) in [5.74, 6) is 0. The minimum atomic E-state index is -0.612. The molecule has 278 valence electrons. The Labute approximate surface area is 322 Å². The minimum Gasteiger partial charge on any atom is -0.384 e. The smallest absolute Gasteiger partial charge is 0.384 e. The molecule has 0 radical (unpaired) electrons. The Balaban J connectivity index is 0.00000101. The van der Waals surface area contributed by atoms with Gasteiger partial charge in [0.1, 0.15) is 0 Å². The number of para-hydroxylation sites is 2. The van der Waals surface area contributed by atoms with Gasteiger partial charge in [0, 0.05) is 23.3 Å². The molecule has 4 aromatic rings. The molecule has 0 aromatic heterocycles. The lowest BCUT2D eigenvalue weighted by molar-refractivity contribution is 0.00578. The molecule has 2 aliphatic rings. The second-order valence-electron chi connectivity index (χ2n) is 16.4. The molecule has 0 atom stereocenters. The predicted molar refractivity (Wildman–Crippen MR) is 232 cm³/mol. The number of fused-ring (bicyclic) bond motifs is 1. The van der Waals surface area contributed by atoms with Crippen molar-refractivity contribution in [2.45, 2.75) is 127 Å². The Morgan fingerprint density at radius 1 is 0.642 bits per heavy atom. The molecule has 0 amide bonds. The maximum atomic E-state index is 6.79. The summed E-state index contributed by atoms with van der Waals surface area (Å²) >= 11 is 0. The number of nitrogens with zero attached hydrogens (tertiary/aromatic N) is 2. The van der Waals surface area contributed by atoms with Crippen LogP contribution < -0.4 is 20.5 Å². The molecule has 6 heteroatoms. The fraction of sp³-hybridized carbons (Fsp3) is 0.404. The van der Waals surface area contributed by atoms with Gasteiger partial charge >= 0.3 is 14.1 Å². The number of hydrogen-bond donors (Lipinski definition) is 0. The normalized spacial score (nSPS) is 16.4. The highest BCUT2D eigenvalue weighted by Gasteiger charge is 2.54. The van der Waals surface area contributed by atoms with E-state index >= 15 is 0 Å². The number of hydrogen-bond acceptors (Lipinski definition) is 4. The SMILES string of the molecule is CCCCC.Cc1cc(C)c(B(c2c(C)cc(C)cc2C)N2/C(=C/N(B3OC(C)(C)C(C)(C)O3)c3c(C)cccc3C)C=Cc3ccccc32)c(C)c1. The molecule has 0 bridgehead atoms. The van der Waals surface area contributed by atoms with Gasteiger partial charge in [-0.3, -0.25) is 0 Å². The summed E-state index contributed by atoms with van der Waals surface area (Å²) in [7, 11) is -0.612. The largest absolute Gasteiger partial charge is 0.598 e. The van der Waals surface area contributed by atoms with Crippen LogP contribution in [0, 0.1) is 55.4 Å². The summed E-state index contributed by atoms with van der Waals surface area (Å²) in [6, 6.07) is 24.5. The topological polar surface area (TPSA) is 24.9 Å². The van der Waals surface area contributed by atoms with Crippen molar-refractivity contribution >= 4 is 42.5 Å². The summed E-state index contributed by atoms with van der Waals surface area (Å²) < 4.78 is 13.6. The van der Waals surface area contributed by atoms with E-state index in [0.717, 1.165) is 11.4 Å². The third-order valence-corrected chi connectivity index (χ3v) is 11.3. The van der Waals surface area contributed by atoms with E-state index in [1.165, 1.54) is 85.9 Å². The molecule has 2 heterocycles. The van der Waals surface area contributed by atoms with Gasteiger partial charge < -0.3 is 18.9 Å². The molecule has 4 nitrogen and oxygen atoms in total. The molecule has 4 aromatic carbocycles. The number of benzene rings is 4. The van der Waals surface area contributed by atoms with E-state index in [9.17, 15) is 0 Å². The van der Waals surface area contributed by atoms with Crippen LogP contribution in [-0.4, -0.2) is 25.3 Å². The first kappa shape index (κ1) is 40.2. The van der Waals surface area contributed by atoms with Crippen LogP contribution in [0.25, 0.3) is 6.08 Å². The monoisotopic (exact) mass is 708 g/mol. The number of unbranched alkanes of at least 4 members (excludes halogenated alkanes) is 2.